The van der Waals surface area contributed by atoms with Gasteiger partial charge in [0.1, 0.15) is 0 Å². The molecule has 1 rings (SSSR count). The molecule has 1 aromatic rings. The third kappa shape index (κ3) is 3.75. The van der Waals surface area contributed by atoms with Gasteiger partial charge < -0.3 is 5.73 Å². The van der Waals surface area contributed by atoms with E-state index in [-0.39, 0.29) is 6.04 Å². The van der Waals surface area contributed by atoms with Gasteiger partial charge >= 0.3 is 0 Å². The number of hydrogen-bond donors (Lipinski definition) is 1. The van der Waals surface area contributed by atoms with Crippen molar-refractivity contribution in [1.82, 2.24) is 4.98 Å². The van der Waals surface area contributed by atoms with E-state index in [2.05, 4.69) is 11.9 Å². The van der Waals surface area contributed by atoms with Gasteiger partial charge in [0.2, 0.25) is 0 Å². The zero-order valence-electron chi connectivity index (χ0n) is 7.83. The van der Waals surface area contributed by atoms with Crippen molar-refractivity contribution < 1.29 is 0 Å². The van der Waals surface area contributed by atoms with E-state index >= 15 is 0 Å². The number of hydrogen-bond acceptors (Lipinski definition) is 2. The fraction of sp³-hybridized carbons (Fsp3) is 0.500. The van der Waals surface area contributed by atoms with E-state index in [4.69, 9.17) is 17.3 Å². The molecule has 0 saturated carbocycles. The van der Waals surface area contributed by atoms with Crippen LogP contribution in [0.25, 0.3) is 0 Å². The minimum Gasteiger partial charge on any atom is -0.327 e. The Balaban J connectivity index is 2.49. The average Bonchev–Trinajstić information content (AvgIpc) is 2.09. The molecule has 0 amide bonds. The zero-order valence-corrected chi connectivity index (χ0v) is 8.59. The Morgan fingerprint density at radius 2 is 2.31 bits per heavy atom. The highest BCUT2D eigenvalue weighted by molar-refractivity contribution is 6.30. The summed E-state index contributed by atoms with van der Waals surface area (Å²) in [5, 5.41) is 0.674. The molecule has 1 unspecified atom stereocenters. The van der Waals surface area contributed by atoms with Crippen LogP contribution in [-0.2, 0) is 6.42 Å². The van der Waals surface area contributed by atoms with Gasteiger partial charge in [-0.15, -0.1) is 0 Å². The smallest absolute Gasteiger partial charge is 0.0589 e. The van der Waals surface area contributed by atoms with Crippen molar-refractivity contribution in [3.8, 4) is 0 Å². The van der Waals surface area contributed by atoms with Crippen molar-refractivity contribution in [3.05, 3.63) is 29.0 Å². The Hall–Kier alpha value is -0.600. The summed E-state index contributed by atoms with van der Waals surface area (Å²) in [6.45, 7) is 2.13. The van der Waals surface area contributed by atoms with Crippen molar-refractivity contribution >= 4 is 11.6 Å². The predicted molar refractivity (Wildman–Crippen MR) is 55.8 cm³/mol. The molecule has 0 radical (unpaired) electrons. The molecule has 2 nitrogen and oxygen atoms in total. The highest BCUT2D eigenvalue weighted by atomic mass is 35.5. The van der Waals surface area contributed by atoms with E-state index in [0.29, 0.717) is 5.02 Å². The topological polar surface area (TPSA) is 38.9 Å². The van der Waals surface area contributed by atoms with Crippen molar-refractivity contribution in [3.63, 3.8) is 0 Å². The Morgan fingerprint density at radius 1 is 1.54 bits per heavy atom. The molecule has 1 heterocycles. The molecule has 0 bridgehead atoms. The van der Waals surface area contributed by atoms with E-state index in [0.717, 1.165) is 25.0 Å². The lowest BCUT2D eigenvalue weighted by atomic mass is 10.1. The van der Waals surface area contributed by atoms with E-state index < -0.39 is 0 Å². The number of pyridine rings is 1. The second-order valence-electron chi connectivity index (χ2n) is 3.22. The van der Waals surface area contributed by atoms with Gasteiger partial charge in [0, 0.05) is 24.4 Å². The molecule has 0 aliphatic rings. The molecule has 13 heavy (non-hydrogen) atoms. The molecule has 0 spiro atoms. The van der Waals surface area contributed by atoms with Gasteiger partial charge in [0.15, 0.2) is 0 Å². The van der Waals surface area contributed by atoms with Gasteiger partial charge in [0.25, 0.3) is 0 Å². The summed E-state index contributed by atoms with van der Waals surface area (Å²) in [4.78, 5) is 4.19. The van der Waals surface area contributed by atoms with Crippen LogP contribution < -0.4 is 5.73 Å². The van der Waals surface area contributed by atoms with Gasteiger partial charge in [-0.05, 0) is 18.6 Å². The van der Waals surface area contributed by atoms with Gasteiger partial charge in [0.05, 0.1) is 5.02 Å². The zero-order chi connectivity index (χ0) is 9.68. The molecule has 0 fully saturated rings. The second kappa shape index (κ2) is 5.20. The van der Waals surface area contributed by atoms with E-state index in [1.807, 2.05) is 12.1 Å². The maximum Gasteiger partial charge on any atom is 0.0589 e. The molecule has 1 atom stereocenters. The molecule has 0 saturated heterocycles. The fourth-order valence-corrected chi connectivity index (χ4v) is 1.38. The van der Waals surface area contributed by atoms with Crippen LogP contribution >= 0.6 is 11.6 Å². The highest BCUT2D eigenvalue weighted by Gasteiger charge is 2.03. The second-order valence-corrected chi connectivity index (χ2v) is 3.66. The van der Waals surface area contributed by atoms with Crippen LogP contribution in [0.1, 0.15) is 25.5 Å². The standard InChI is InChI=1S/C10H15ClN2/c1-2-3-9(12)6-10-5-4-8(11)7-13-10/h4-5,7,9H,2-3,6,12H2,1H3. The molecular formula is C10H15ClN2. The first-order valence-electron chi connectivity index (χ1n) is 4.58. The van der Waals surface area contributed by atoms with Gasteiger partial charge in [-0.1, -0.05) is 24.9 Å². The van der Waals surface area contributed by atoms with E-state index in [9.17, 15) is 0 Å². The third-order valence-electron chi connectivity index (χ3n) is 1.92. The Morgan fingerprint density at radius 3 is 2.85 bits per heavy atom. The van der Waals surface area contributed by atoms with Crippen molar-refractivity contribution in [2.45, 2.75) is 32.2 Å². The summed E-state index contributed by atoms with van der Waals surface area (Å²) in [5.41, 5.74) is 6.90. The summed E-state index contributed by atoms with van der Waals surface area (Å²) in [6, 6.07) is 4.00. The molecule has 0 aliphatic carbocycles. The lowest BCUT2D eigenvalue weighted by molar-refractivity contribution is 0.593. The SMILES string of the molecule is CCCC(N)Cc1ccc(Cl)cn1. The first-order valence-corrected chi connectivity index (χ1v) is 4.96. The minimum atomic E-state index is 0.221. The normalized spacial score (nSPS) is 12.8. The van der Waals surface area contributed by atoms with Crippen LogP contribution in [0.3, 0.4) is 0 Å². The van der Waals surface area contributed by atoms with Gasteiger partial charge in [-0.25, -0.2) is 0 Å². The van der Waals surface area contributed by atoms with E-state index in [1.165, 1.54) is 0 Å². The van der Waals surface area contributed by atoms with Gasteiger partial charge in [-0.3, -0.25) is 4.98 Å². The first kappa shape index (κ1) is 10.5. The maximum atomic E-state index is 5.88. The van der Waals surface area contributed by atoms with Crippen LogP contribution in [0.2, 0.25) is 5.02 Å². The average molecular weight is 199 g/mol. The molecule has 3 heteroatoms. The van der Waals surface area contributed by atoms with E-state index in [1.54, 1.807) is 6.20 Å². The Labute approximate surface area is 84.1 Å². The molecule has 72 valence electrons. The lowest BCUT2D eigenvalue weighted by Gasteiger charge is -2.08. The van der Waals surface area contributed by atoms with Crippen LogP contribution in [0.15, 0.2) is 18.3 Å². The minimum absolute atomic E-state index is 0.221. The summed E-state index contributed by atoms with van der Waals surface area (Å²) in [5.74, 6) is 0. The predicted octanol–water partition coefficient (Wildman–Crippen LogP) is 2.40. The van der Waals surface area contributed by atoms with Gasteiger partial charge in [-0.2, -0.15) is 0 Å². The maximum absolute atomic E-state index is 5.88. The molecule has 1 aromatic heterocycles. The summed E-state index contributed by atoms with van der Waals surface area (Å²) >= 11 is 5.72. The largest absolute Gasteiger partial charge is 0.327 e. The number of halogens is 1. The summed E-state index contributed by atoms with van der Waals surface area (Å²) < 4.78 is 0. The molecule has 0 aromatic carbocycles. The van der Waals surface area contributed by atoms with Crippen molar-refractivity contribution in [2.75, 3.05) is 0 Å². The Kier molecular flexibility index (Phi) is 4.19. The number of nitrogens with two attached hydrogens (primary N) is 1. The van der Waals surface area contributed by atoms with Crippen LogP contribution in [-0.4, -0.2) is 11.0 Å². The quantitative estimate of drug-likeness (QED) is 0.807. The summed E-state index contributed by atoms with van der Waals surface area (Å²) in [6.07, 6.45) is 4.67. The molecule has 0 aliphatic heterocycles. The Bertz CT molecular complexity index is 246. The van der Waals surface area contributed by atoms with Crippen molar-refractivity contribution in [2.24, 2.45) is 5.73 Å². The molecular weight excluding hydrogens is 184 g/mol. The fourth-order valence-electron chi connectivity index (χ4n) is 1.27. The number of nitrogens with zero attached hydrogens (tertiary/aromatic N) is 1. The van der Waals surface area contributed by atoms with Crippen LogP contribution in [0.4, 0.5) is 0 Å². The van der Waals surface area contributed by atoms with Crippen molar-refractivity contribution in [1.29, 1.82) is 0 Å². The van der Waals surface area contributed by atoms with Crippen LogP contribution in [0.5, 0.6) is 0 Å². The number of rotatable bonds is 4. The van der Waals surface area contributed by atoms with Crippen LogP contribution in [0, 0.1) is 0 Å². The third-order valence-corrected chi connectivity index (χ3v) is 2.14. The summed E-state index contributed by atoms with van der Waals surface area (Å²) in [7, 11) is 0. The molecule has 2 N–H and O–H groups in total. The monoisotopic (exact) mass is 198 g/mol. The highest BCUT2D eigenvalue weighted by Crippen LogP contribution is 2.08. The lowest BCUT2D eigenvalue weighted by Crippen LogP contribution is -2.22. The first-order chi connectivity index (χ1) is 6.22. The number of aromatic nitrogens is 1.